The van der Waals surface area contributed by atoms with Gasteiger partial charge in [-0.3, -0.25) is 14.0 Å². The Morgan fingerprint density at radius 2 is 2.20 bits per heavy atom. The van der Waals surface area contributed by atoms with Crippen molar-refractivity contribution in [2.24, 2.45) is 7.05 Å². The average Bonchev–Trinajstić information content (AvgIpc) is 2.90. The fourth-order valence-corrected chi connectivity index (χ4v) is 3.47. The second kappa shape index (κ2) is 4.64. The molecule has 0 bridgehead atoms. The Morgan fingerprint density at radius 1 is 1.45 bits per heavy atom. The molecule has 8 heteroatoms. The van der Waals surface area contributed by atoms with Gasteiger partial charge in [-0.15, -0.1) is 11.3 Å². The molecule has 20 heavy (non-hydrogen) atoms. The van der Waals surface area contributed by atoms with Crippen molar-refractivity contribution in [3.63, 3.8) is 0 Å². The molecule has 0 aliphatic heterocycles. The van der Waals surface area contributed by atoms with E-state index in [4.69, 9.17) is 12.2 Å². The number of aromatic amines is 1. The molecule has 0 atom stereocenters. The van der Waals surface area contributed by atoms with Crippen LogP contribution in [0.3, 0.4) is 0 Å². The van der Waals surface area contributed by atoms with Crippen LogP contribution in [-0.2, 0) is 13.6 Å². The van der Waals surface area contributed by atoms with Gasteiger partial charge in [-0.05, 0) is 31.6 Å². The largest absolute Gasteiger partial charge is 0.323 e. The van der Waals surface area contributed by atoms with E-state index in [-0.39, 0.29) is 12.1 Å². The standard InChI is InChI=1S/C12H13N5OS2/c1-6-7(2)20-10-9(6)11(18)17(12(19)14-10)4-8-13-5-16(3)15-8/h5H,4H2,1-3H3,(H,14,19). The molecule has 1 N–H and O–H groups in total. The minimum Gasteiger partial charge on any atom is -0.323 e. The number of fused-ring (bicyclic) bond motifs is 1. The van der Waals surface area contributed by atoms with Crippen molar-refractivity contribution >= 4 is 33.8 Å². The molecule has 6 nitrogen and oxygen atoms in total. The van der Waals surface area contributed by atoms with Crippen LogP contribution in [0.1, 0.15) is 16.3 Å². The Hall–Kier alpha value is -1.80. The van der Waals surface area contributed by atoms with E-state index in [9.17, 15) is 4.79 Å². The van der Waals surface area contributed by atoms with Gasteiger partial charge >= 0.3 is 0 Å². The van der Waals surface area contributed by atoms with Gasteiger partial charge in [0.2, 0.25) is 0 Å². The highest BCUT2D eigenvalue weighted by Gasteiger charge is 2.13. The highest BCUT2D eigenvalue weighted by molar-refractivity contribution is 7.71. The SMILES string of the molecule is Cc1sc2[nH]c(=S)n(Cc3ncn(C)n3)c(=O)c2c1C. The summed E-state index contributed by atoms with van der Waals surface area (Å²) in [5.74, 6) is 0.568. The first-order valence-electron chi connectivity index (χ1n) is 6.04. The molecule has 3 rings (SSSR count). The first kappa shape index (κ1) is 13.2. The highest BCUT2D eigenvalue weighted by Crippen LogP contribution is 2.25. The predicted molar refractivity (Wildman–Crippen MR) is 80.8 cm³/mol. The molecule has 0 saturated carbocycles. The summed E-state index contributed by atoms with van der Waals surface area (Å²) in [4.78, 5) is 21.8. The summed E-state index contributed by atoms with van der Waals surface area (Å²) in [5.41, 5.74) is 0.919. The van der Waals surface area contributed by atoms with E-state index in [1.54, 1.807) is 29.4 Å². The molecule has 3 aromatic heterocycles. The Bertz CT molecular complexity index is 914. The Labute approximate surface area is 123 Å². The van der Waals surface area contributed by atoms with Crippen molar-refractivity contribution in [3.8, 4) is 0 Å². The molecule has 0 saturated heterocycles. The third-order valence-electron chi connectivity index (χ3n) is 3.26. The van der Waals surface area contributed by atoms with Gasteiger partial charge in [0.15, 0.2) is 10.6 Å². The summed E-state index contributed by atoms with van der Waals surface area (Å²) in [5, 5.41) is 4.89. The second-order valence-electron chi connectivity index (χ2n) is 4.64. The Morgan fingerprint density at radius 3 is 2.85 bits per heavy atom. The fraction of sp³-hybridized carbons (Fsp3) is 0.333. The number of hydrogen-bond acceptors (Lipinski definition) is 5. The molecule has 0 amide bonds. The maximum absolute atomic E-state index is 12.6. The molecular weight excluding hydrogens is 294 g/mol. The molecule has 104 valence electrons. The zero-order valence-corrected chi connectivity index (χ0v) is 12.9. The van der Waals surface area contributed by atoms with E-state index in [0.717, 1.165) is 15.3 Å². The third kappa shape index (κ3) is 2.01. The summed E-state index contributed by atoms with van der Waals surface area (Å²) in [7, 11) is 1.79. The van der Waals surface area contributed by atoms with Crippen LogP contribution >= 0.6 is 23.6 Å². The molecule has 3 aromatic rings. The number of nitrogens with zero attached hydrogens (tertiary/aromatic N) is 4. The van der Waals surface area contributed by atoms with E-state index < -0.39 is 0 Å². The normalized spacial score (nSPS) is 11.3. The molecule has 0 aliphatic carbocycles. The number of nitrogens with one attached hydrogen (secondary N) is 1. The number of thiophene rings is 1. The van der Waals surface area contributed by atoms with Crippen LogP contribution in [-0.4, -0.2) is 24.3 Å². The number of aromatic nitrogens is 5. The predicted octanol–water partition coefficient (Wildman–Crippen LogP) is 1.91. The molecule has 0 unspecified atom stereocenters. The number of rotatable bonds is 2. The lowest BCUT2D eigenvalue weighted by molar-refractivity contribution is 0.674. The zero-order chi connectivity index (χ0) is 14.4. The lowest BCUT2D eigenvalue weighted by Crippen LogP contribution is -2.23. The van der Waals surface area contributed by atoms with Crippen molar-refractivity contribution in [2.75, 3.05) is 0 Å². The third-order valence-corrected chi connectivity index (χ3v) is 4.70. The van der Waals surface area contributed by atoms with Crippen LogP contribution in [0.4, 0.5) is 0 Å². The van der Waals surface area contributed by atoms with E-state index in [1.807, 2.05) is 13.8 Å². The summed E-state index contributed by atoms with van der Waals surface area (Å²) >= 11 is 6.83. The van der Waals surface area contributed by atoms with Gasteiger partial charge in [0.05, 0.1) is 11.9 Å². The van der Waals surface area contributed by atoms with E-state index in [2.05, 4.69) is 15.1 Å². The van der Waals surface area contributed by atoms with Gasteiger partial charge in [0, 0.05) is 11.9 Å². The maximum Gasteiger partial charge on any atom is 0.263 e. The van der Waals surface area contributed by atoms with Crippen LogP contribution in [0.5, 0.6) is 0 Å². The molecule has 0 fully saturated rings. The van der Waals surface area contributed by atoms with Crippen molar-refractivity contribution < 1.29 is 0 Å². The van der Waals surface area contributed by atoms with Gasteiger partial charge in [-0.25, -0.2) is 4.98 Å². The molecule has 3 heterocycles. The molecule has 0 aliphatic rings. The van der Waals surface area contributed by atoms with Crippen LogP contribution in [0.15, 0.2) is 11.1 Å². The van der Waals surface area contributed by atoms with Gasteiger partial charge in [-0.2, -0.15) is 5.10 Å². The van der Waals surface area contributed by atoms with Gasteiger partial charge in [-0.1, -0.05) is 0 Å². The topological polar surface area (TPSA) is 68.5 Å². The minimum absolute atomic E-state index is 0.0851. The number of hydrogen-bond donors (Lipinski definition) is 1. The lowest BCUT2D eigenvalue weighted by atomic mass is 10.2. The summed E-state index contributed by atoms with van der Waals surface area (Å²) in [6.45, 7) is 4.23. The number of aryl methyl sites for hydroxylation is 3. The summed E-state index contributed by atoms with van der Waals surface area (Å²) < 4.78 is 3.51. The molecule has 0 aromatic carbocycles. The van der Waals surface area contributed by atoms with E-state index >= 15 is 0 Å². The van der Waals surface area contributed by atoms with Crippen molar-refractivity contribution in [1.82, 2.24) is 24.3 Å². The van der Waals surface area contributed by atoms with Crippen molar-refractivity contribution in [2.45, 2.75) is 20.4 Å². The van der Waals surface area contributed by atoms with Gasteiger partial charge in [0.25, 0.3) is 5.56 Å². The highest BCUT2D eigenvalue weighted by atomic mass is 32.1. The summed E-state index contributed by atoms with van der Waals surface area (Å²) in [6, 6.07) is 0. The van der Waals surface area contributed by atoms with Crippen molar-refractivity contribution in [3.05, 3.63) is 37.7 Å². The van der Waals surface area contributed by atoms with Crippen LogP contribution in [0, 0.1) is 18.6 Å². The summed E-state index contributed by atoms with van der Waals surface area (Å²) in [6.07, 6.45) is 1.60. The quantitative estimate of drug-likeness (QED) is 0.734. The Balaban J connectivity index is 2.23. The first-order chi connectivity index (χ1) is 9.47. The fourth-order valence-electron chi connectivity index (χ4n) is 2.11. The first-order valence-corrected chi connectivity index (χ1v) is 7.27. The second-order valence-corrected chi connectivity index (χ2v) is 6.25. The smallest absolute Gasteiger partial charge is 0.263 e. The monoisotopic (exact) mass is 307 g/mol. The average molecular weight is 307 g/mol. The van der Waals surface area contributed by atoms with Crippen molar-refractivity contribution in [1.29, 1.82) is 0 Å². The molecule has 0 spiro atoms. The van der Waals surface area contributed by atoms with Gasteiger partial charge in [0.1, 0.15) is 11.2 Å². The lowest BCUT2D eigenvalue weighted by Gasteiger charge is -2.04. The van der Waals surface area contributed by atoms with Crippen LogP contribution in [0.2, 0.25) is 0 Å². The molecule has 0 radical (unpaired) electrons. The zero-order valence-electron chi connectivity index (χ0n) is 11.3. The minimum atomic E-state index is -0.0851. The van der Waals surface area contributed by atoms with Gasteiger partial charge < -0.3 is 4.98 Å². The van der Waals surface area contributed by atoms with Crippen LogP contribution in [0.25, 0.3) is 10.2 Å². The molecular formula is C12H13N5OS2. The van der Waals surface area contributed by atoms with Crippen LogP contribution < -0.4 is 5.56 Å². The maximum atomic E-state index is 12.6. The number of H-pyrrole nitrogens is 1. The van der Waals surface area contributed by atoms with E-state index in [1.165, 1.54) is 4.57 Å². The van der Waals surface area contributed by atoms with E-state index in [0.29, 0.717) is 16.0 Å². The Kier molecular flexibility index (Phi) is 3.06.